The first-order chi connectivity index (χ1) is 13.5. The van der Waals surface area contributed by atoms with Crippen molar-refractivity contribution in [3.05, 3.63) is 69.7 Å². The molecule has 0 bridgehead atoms. The summed E-state index contributed by atoms with van der Waals surface area (Å²) in [6.07, 6.45) is 2.91. The number of esters is 1. The van der Waals surface area contributed by atoms with Crippen LogP contribution >= 0.6 is 23.2 Å². The fraction of sp³-hybridized carbons (Fsp3) is 0.0556. The van der Waals surface area contributed by atoms with Crippen molar-refractivity contribution in [1.82, 2.24) is 15.6 Å². The van der Waals surface area contributed by atoms with Crippen molar-refractivity contribution < 1.29 is 18.8 Å². The first-order valence-corrected chi connectivity index (χ1v) is 8.55. The molecule has 0 saturated heterocycles. The van der Waals surface area contributed by atoms with Gasteiger partial charge in [-0.15, -0.1) is 0 Å². The molecule has 1 amide bonds. The lowest BCUT2D eigenvalue weighted by molar-refractivity contribution is 0.0594. The number of benzene rings is 1. The second kappa shape index (κ2) is 8.64. The van der Waals surface area contributed by atoms with Gasteiger partial charge in [-0.3, -0.25) is 9.78 Å². The maximum absolute atomic E-state index is 12.4. The monoisotopic (exact) mass is 418 g/mol. The second-order valence-corrected chi connectivity index (χ2v) is 6.09. The summed E-state index contributed by atoms with van der Waals surface area (Å²) < 4.78 is 9.83. The van der Waals surface area contributed by atoms with Crippen molar-refractivity contribution in [2.24, 2.45) is 5.10 Å². The zero-order chi connectivity index (χ0) is 20.1. The largest absolute Gasteiger partial charge is 0.465 e. The maximum Gasteiger partial charge on any atom is 0.344 e. The fourth-order valence-electron chi connectivity index (χ4n) is 2.29. The predicted molar refractivity (Wildman–Crippen MR) is 103 cm³/mol. The van der Waals surface area contributed by atoms with Crippen molar-refractivity contribution in [1.29, 1.82) is 0 Å². The van der Waals surface area contributed by atoms with Gasteiger partial charge < -0.3 is 9.26 Å². The highest BCUT2D eigenvalue weighted by atomic mass is 35.5. The minimum Gasteiger partial charge on any atom is -0.465 e. The minimum absolute atomic E-state index is 0.0127. The molecule has 0 radical (unpaired) electrons. The van der Waals surface area contributed by atoms with Gasteiger partial charge in [0.05, 0.1) is 29.1 Å². The van der Waals surface area contributed by atoms with Gasteiger partial charge in [-0.25, -0.2) is 10.2 Å². The molecular weight excluding hydrogens is 407 g/mol. The summed E-state index contributed by atoms with van der Waals surface area (Å²) in [6, 6.07) is 9.97. The molecule has 3 rings (SSSR count). The lowest BCUT2D eigenvalue weighted by atomic mass is 10.1. The number of hydrazone groups is 1. The molecule has 2 heterocycles. The molecule has 0 unspecified atom stereocenters. The average molecular weight is 419 g/mol. The van der Waals surface area contributed by atoms with Gasteiger partial charge in [-0.2, -0.15) is 5.10 Å². The zero-order valence-electron chi connectivity index (χ0n) is 14.3. The number of hydrogen-bond acceptors (Lipinski definition) is 7. The Balaban J connectivity index is 1.95. The van der Waals surface area contributed by atoms with E-state index >= 15 is 0 Å². The number of amides is 1. The van der Waals surface area contributed by atoms with E-state index in [-0.39, 0.29) is 26.9 Å². The quantitative estimate of drug-likeness (QED) is 0.385. The van der Waals surface area contributed by atoms with Crippen LogP contribution in [-0.2, 0) is 4.74 Å². The molecular formula is C18H12Cl2N4O4. The Hall–Kier alpha value is -3.23. The molecule has 0 aliphatic carbocycles. The predicted octanol–water partition coefficient (Wildman–Crippen LogP) is 3.59. The maximum atomic E-state index is 12.4. The summed E-state index contributed by atoms with van der Waals surface area (Å²) in [5.74, 6) is -2.04. The van der Waals surface area contributed by atoms with Crippen LogP contribution in [0.25, 0.3) is 11.3 Å². The van der Waals surface area contributed by atoms with Crippen LogP contribution < -0.4 is 5.43 Å². The van der Waals surface area contributed by atoms with Crippen LogP contribution in [0.3, 0.4) is 0 Å². The van der Waals surface area contributed by atoms with E-state index in [4.69, 9.17) is 32.5 Å². The molecule has 0 fully saturated rings. The fourth-order valence-corrected chi connectivity index (χ4v) is 2.87. The van der Waals surface area contributed by atoms with E-state index in [9.17, 15) is 9.59 Å². The average Bonchev–Trinajstić information content (AvgIpc) is 3.13. The van der Waals surface area contributed by atoms with Crippen LogP contribution in [0.2, 0.25) is 10.0 Å². The van der Waals surface area contributed by atoms with Crippen molar-refractivity contribution in [3.63, 3.8) is 0 Å². The van der Waals surface area contributed by atoms with Gasteiger partial charge in [0.15, 0.2) is 0 Å². The molecule has 28 heavy (non-hydrogen) atoms. The Kier molecular flexibility index (Phi) is 6.03. The highest BCUT2D eigenvalue weighted by Crippen LogP contribution is 2.37. The number of halogens is 2. The number of ether oxygens (including phenoxy) is 1. The van der Waals surface area contributed by atoms with E-state index in [1.807, 2.05) is 0 Å². The number of rotatable bonds is 5. The molecule has 0 aliphatic heterocycles. The Labute approximate surface area is 169 Å². The lowest BCUT2D eigenvalue weighted by Gasteiger charge is -2.05. The molecule has 0 aliphatic rings. The van der Waals surface area contributed by atoms with E-state index in [1.54, 1.807) is 42.6 Å². The van der Waals surface area contributed by atoms with Gasteiger partial charge >= 0.3 is 11.9 Å². The molecule has 0 saturated carbocycles. The molecule has 1 N–H and O–H groups in total. The van der Waals surface area contributed by atoms with Crippen molar-refractivity contribution >= 4 is 41.3 Å². The van der Waals surface area contributed by atoms with E-state index in [1.165, 1.54) is 6.21 Å². The minimum atomic E-state index is -0.842. The third-order valence-electron chi connectivity index (χ3n) is 3.54. The van der Waals surface area contributed by atoms with Crippen LogP contribution in [0, 0.1) is 0 Å². The smallest absolute Gasteiger partial charge is 0.344 e. The summed E-state index contributed by atoms with van der Waals surface area (Å²) in [6.45, 7) is 0. The SMILES string of the molecule is COC(=O)c1c(-c2c(Cl)cccc2Cl)noc1C(=O)N/N=C/c1ccccn1. The zero-order valence-corrected chi connectivity index (χ0v) is 15.9. The molecule has 2 aromatic heterocycles. The lowest BCUT2D eigenvalue weighted by Crippen LogP contribution is -2.20. The van der Waals surface area contributed by atoms with Crippen LogP contribution in [0.4, 0.5) is 0 Å². The van der Waals surface area contributed by atoms with Crippen molar-refractivity contribution in [2.45, 2.75) is 0 Å². The number of pyridine rings is 1. The molecule has 1 aromatic carbocycles. The first kappa shape index (κ1) is 19.5. The van der Waals surface area contributed by atoms with Gasteiger partial charge in [0.25, 0.3) is 0 Å². The van der Waals surface area contributed by atoms with Crippen LogP contribution in [-0.4, -0.2) is 35.3 Å². The number of carbonyl (C=O) groups excluding carboxylic acids is 2. The van der Waals surface area contributed by atoms with Gasteiger partial charge in [0, 0.05) is 11.8 Å². The molecule has 3 aromatic rings. The third kappa shape index (κ3) is 4.03. The summed E-state index contributed by atoms with van der Waals surface area (Å²) in [7, 11) is 1.16. The Bertz CT molecular complexity index is 1030. The van der Waals surface area contributed by atoms with Gasteiger partial charge in [-0.1, -0.05) is 40.5 Å². The van der Waals surface area contributed by atoms with Crippen molar-refractivity contribution in [3.8, 4) is 11.3 Å². The summed E-state index contributed by atoms with van der Waals surface area (Å²) >= 11 is 12.3. The highest BCUT2D eigenvalue weighted by Gasteiger charge is 2.31. The molecule has 10 heteroatoms. The van der Waals surface area contributed by atoms with E-state index in [2.05, 4.69) is 20.7 Å². The summed E-state index contributed by atoms with van der Waals surface area (Å²) in [4.78, 5) is 28.7. The topological polar surface area (TPSA) is 107 Å². The van der Waals surface area contributed by atoms with Crippen LogP contribution in [0.15, 0.2) is 52.2 Å². The number of methoxy groups -OCH3 is 1. The second-order valence-electron chi connectivity index (χ2n) is 5.28. The molecule has 0 spiro atoms. The molecule has 142 valence electrons. The van der Waals surface area contributed by atoms with E-state index < -0.39 is 17.6 Å². The van der Waals surface area contributed by atoms with Gasteiger partial charge in [0.1, 0.15) is 11.3 Å². The Morgan fingerprint density at radius 2 is 1.93 bits per heavy atom. The number of nitrogens with zero attached hydrogens (tertiary/aromatic N) is 3. The molecule has 8 nitrogen and oxygen atoms in total. The van der Waals surface area contributed by atoms with Crippen LogP contribution in [0.5, 0.6) is 0 Å². The number of carbonyl (C=O) groups is 2. The van der Waals surface area contributed by atoms with E-state index in [0.29, 0.717) is 5.69 Å². The van der Waals surface area contributed by atoms with Crippen molar-refractivity contribution in [2.75, 3.05) is 7.11 Å². The first-order valence-electron chi connectivity index (χ1n) is 7.79. The third-order valence-corrected chi connectivity index (χ3v) is 4.17. The van der Waals surface area contributed by atoms with Gasteiger partial charge in [0.2, 0.25) is 5.76 Å². The Morgan fingerprint density at radius 1 is 1.18 bits per heavy atom. The number of nitrogens with one attached hydrogen (secondary N) is 1. The van der Waals surface area contributed by atoms with Crippen LogP contribution in [0.1, 0.15) is 26.6 Å². The molecule has 0 atom stereocenters. The normalized spacial score (nSPS) is 10.8. The number of aromatic nitrogens is 2. The number of hydrogen-bond donors (Lipinski definition) is 1. The summed E-state index contributed by atoms with van der Waals surface area (Å²) in [5, 5.41) is 8.03. The van der Waals surface area contributed by atoms with Gasteiger partial charge in [-0.05, 0) is 24.3 Å². The Morgan fingerprint density at radius 3 is 2.57 bits per heavy atom. The highest BCUT2D eigenvalue weighted by molar-refractivity contribution is 6.39. The van der Waals surface area contributed by atoms with E-state index in [0.717, 1.165) is 7.11 Å². The summed E-state index contributed by atoms with van der Waals surface area (Å²) in [5.41, 5.74) is 2.78. The standard InChI is InChI=1S/C18H12Cl2N4O4/c1-27-18(26)14-15(13-11(19)6-4-7-12(13)20)24-28-16(14)17(25)23-22-9-10-5-2-3-8-21-10/h2-9H,1H3,(H,23,25)/b22-9+.